The Kier molecular flexibility index (Phi) is 3.31. The van der Waals surface area contributed by atoms with Crippen LogP contribution in [0.2, 0.25) is 5.02 Å². The first kappa shape index (κ1) is 12.3. The Morgan fingerprint density at radius 2 is 2.00 bits per heavy atom. The molecule has 90 valence electrons. The summed E-state index contributed by atoms with van der Waals surface area (Å²) in [6.07, 6.45) is 0. The van der Waals surface area contributed by atoms with E-state index in [1.165, 1.54) is 11.8 Å². The molecule has 1 aromatic heterocycles. The largest absolute Gasteiger partial charge is 0.398 e. The molecule has 1 aromatic carbocycles. The minimum atomic E-state index is 0.567. The van der Waals surface area contributed by atoms with Crippen molar-refractivity contribution in [3.8, 4) is 0 Å². The summed E-state index contributed by atoms with van der Waals surface area (Å²) in [5.74, 6) is 0.881. The highest BCUT2D eigenvalue weighted by Crippen LogP contribution is 2.33. The number of nitrogens with zero attached hydrogens (tertiary/aromatic N) is 3. The number of hydrogen-bond acceptors (Lipinski definition) is 4. The molecular formula is C11H13ClN4S. The third-order valence-electron chi connectivity index (χ3n) is 2.55. The molecule has 4 nitrogen and oxygen atoms in total. The zero-order chi connectivity index (χ0) is 12.6. The molecule has 2 rings (SSSR count). The second-order valence-corrected chi connectivity index (χ2v) is 5.25. The van der Waals surface area contributed by atoms with E-state index in [1.54, 1.807) is 0 Å². The lowest BCUT2D eigenvalue weighted by atomic mass is 10.2. The van der Waals surface area contributed by atoms with E-state index in [0.717, 1.165) is 21.4 Å². The Morgan fingerprint density at radius 3 is 2.59 bits per heavy atom. The van der Waals surface area contributed by atoms with Gasteiger partial charge in [0.15, 0.2) is 5.16 Å². The highest BCUT2D eigenvalue weighted by Gasteiger charge is 2.10. The molecule has 6 heteroatoms. The van der Waals surface area contributed by atoms with Crippen molar-refractivity contribution in [1.29, 1.82) is 0 Å². The average Bonchev–Trinajstić information content (AvgIpc) is 2.58. The first-order valence-corrected chi connectivity index (χ1v) is 6.28. The smallest absolute Gasteiger partial charge is 0.195 e. The second kappa shape index (κ2) is 4.58. The minimum absolute atomic E-state index is 0.567. The Hall–Kier alpha value is -1.20. The zero-order valence-electron chi connectivity index (χ0n) is 9.86. The van der Waals surface area contributed by atoms with Crippen LogP contribution in [0.15, 0.2) is 22.2 Å². The van der Waals surface area contributed by atoms with E-state index in [4.69, 9.17) is 17.3 Å². The molecule has 0 bridgehead atoms. The molecule has 17 heavy (non-hydrogen) atoms. The van der Waals surface area contributed by atoms with Gasteiger partial charge in [0.2, 0.25) is 0 Å². The van der Waals surface area contributed by atoms with E-state index in [2.05, 4.69) is 10.2 Å². The van der Waals surface area contributed by atoms with Crippen molar-refractivity contribution < 1.29 is 0 Å². The van der Waals surface area contributed by atoms with Gasteiger partial charge in [0.1, 0.15) is 5.82 Å². The molecule has 0 saturated carbocycles. The van der Waals surface area contributed by atoms with E-state index in [1.807, 2.05) is 37.6 Å². The third kappa shape index (κ3) is 2.40. The number of benzene rings is 1. The van der Waals surface area contributed by atoms with Crippen LogP contribution in [0.3, 0.4) is 0 Å². The lowest BCUT2D eigenvalue weighted by molar-refractivity contribution is 0.765. The van der Waals surface area contributed by atoms with Crippen molar-refractivity contribution >= 4 is 29.1 Å². The molecule has 0 aliphatic carbocycles. The number of aromatic nitrogens is 3. The highest BCUT2D eigenvalue weighted by molar-refractivity contribution is 7.99. The van der Waals surface area contributed by atoms with Gasteiger partial charge in [-0.05, 0) is 43.3 Å². The Bertz CT molecular complexity index is 565. The number of rotatable bonds is 2. The summed E-state index contributed by atoms with van der Waals surface area (Å²) in [6, 6.07) is 3.73. The number of hydrogen-bond donors (Lipinski definition) is 1. The van der Waals surface area contributed by atoms with Gasteiger partial charge in [0, 0.05) is 11.9 Å². The van der Waals surface area contributed by atoms with Crippen LogP contribution in [-0.2, 0) is 7.05 Å². The van der Waals surface area contributed by atoms with Gasteiger partial charge in [-0.15, -0.1) is 10.2 Å². The highest BCUT2D eigenvalue weighted by atomic mass is 35.5. The van der Waals surface area contributed by atoms with Gasteiger partial charge < -0.3 is 10.3 Å². The quantitative estimate of drug-likeness (QED) is 0.851. The topological polar surface area (TPSA) is 56.7 Å². The van der Waals surface area contributed by atoms with Crippen molar-refractivity contribution in [3.05, 3.63) is 28.5 Å². The molecular weight excluding hydrogens is 256 g/mol. The first-order chi connectivity index (χ1) is 7.99. The lowest BCUT2D eigenvalue weighted by Crippen LogP contribution is -1.94. The number of nitrogens with two attached hydrogens (primary N) is 1. The molecule has 0 fully saturated rings. The molecule has 2 aromatic rings. The van der Waals surface area contributed by atoms with Crippen molar-refractivity contribution in [1.82, 2.24) is 14.8 Å². The van der Waals surface area contributed by atoms with Crippen LogP contribution in [0.25, 0.3) is 0 Å². The van der Waals surface area contributed by atoms with Crippen LogP contribution >= 0.6 is 23.4 Å². The maximum Gasteiger partial charge on any atom is 0.195 e. The molecule has 0 aliphatic heterocycles. The van der Waals surface area contributed by atoms with Crippen molar-refractivity contribution in [2.75, 3.05) is 5.73 Å². The van der Waals surface area contributed by atoms with E-state index >= 15 is 0 Å². The molecule has 0 amide bonds. The first-order valence-electron chi connectivity index (χ1n) is 5.08. The molecule has 2 N–H and O–H groups in total. The molecule has 1 heterocycles. The van der Waals surface area contributed by atoms with E-state index in [9.17, 15) is 0 Å². The minimum Gasteiger partial charge on any atom is -0.398 e. The van der Waals surface area contributed by atoms with Crippen molar-refractivity contribution in [2.24, 2.45) is 7.05 Å². The monoisotopic (exact) mass is 268 g/mol. The number of anilines is 1. The summed E-state index contributed by atoms with van der Waals surface area (Å²) in [6.45, 7) is 3.91. The van der Waals surface area contributed by atoms with Crippen LogP contribution in [0.1, 0.15) is 11.4 Å². The van der Waals surface area contributed by atoms with Gasteiger partial charge in [0.05, 0.1) is 10.7 Å². The van der Waals surface area contributed by atoms with Crippen LogP contribution in [-0.4, -0.2) is 14.8 Å². The van der Waals surface area contributed by atoms with E-state index in [-0.39, 0.29) is 0 Å². The maximum atomic E-state index is 6.02. The van der Waals surface area contributed by atoms with Gasteiger partial charge in [-0.25, -0.2) is 0 Å². The summed E-state index contributed by atoms with van der Waals surface area (Å²) in [5, 5.41) is 9.53. The van der Waals surface area contributed by atoms with E-state index in [0.29, 0.717) is 10.7 Å². The summed E-state index contributed by atoms with van der Waals surface area (Å²) < 4.78 is 1.94. The van der Waals surface area contributed by atoms with Crippen molar-refractivity contribution in [2.45, 2.75) is 23.9 Å². The van der Waals surface area contributed by atoms with Gasteiger partial charge in [-0.2, -0.15) is 0 Å². The molecule has 0 spiro atoms. The SMILES string of the molecule is Cc1cc(N)c(Cl)cc1Sc1nnc(C)n1C. The normalized spacial score (nSPS) is 10.8. The average molecular weight is 269 g/mol. The Balaban J connectivity index is 2.36. The summed E-state index contributed by atoms with van der Waals surface area (Å²) in [7, 11) is 1.94. The van der Waals surface area contributed by atoms with Crippen LogP contribution in [0.4, 0.5) is 5.69 Å². The maximum absolute atomic E-state index is 6.02. The summed E-state index contributed by atoms with van der Waals surface area (Å²) in [5.41, 5.74) is 7.42. The third-order valence-corrected chi connectivity index (χ3v) is 4.07. The van der Waals surface area contributed by atoms with Gasteiger partial charge in [-0.3, -0.25) is 0 Å². The lowest BCUT2D eigenvalue weighted by Gasteiger charge is -2.07. The molecule has 0 saturated heterocycles. The summed E-state index contributed by atoms with van der Waals surface area (Å²) in [4.78, 5) is 1.04. The molecule has 0 radical (unpaired) electrons. The molecule has 0 aliphatic rings. The summed E-state index contributed by atoms with van der Waals surface area (Å²) >= 11 is 7.55. The van der Waals surface area contributed by atoms with Crippen LogP contribution in [0.5, 0.6) is 0 Å². The van der Waals surface area contributed by atoms with E-state index < -0.39 is 0 Å². The number of halogens is 1. The Morgan fingerprint density at radius 1 is 1.29 bits per heavy atom. The van der Waals surface area contributed by atoms with Crippen LogP contribution < -0.4 is 5.73 Å². The number of aryl methyl sites for hydroxylation is 2. The fourth-order valence-electron chi connectivity index (χ4n) is 1.37. The van der Waals surface area contributed by atoms with Crippen molar-refractivity contribution in [3.63, 3.8) is 0 Å². The second-order valence-electron chi connectivity index (χ2n) is 3.83. The molecule has 0 unspecified atom stereocenters. The van der Waals surface area contributed by atoms with Crippen LogP contribution in [0, 0.1) is 13.8 Å². The van der Waals surface area contributed by atoms with Gasteiger partial charge >= 0.3 is 0 Å². The predicted molar refractivity (Wildman–Crippen MR) is 70.5 cm³/mol. The predicted octanol–water partition coefficient (Wildman–Crippen LogP) is 2.82. The zero-order valence-corrected chi connectivity index (χ0v) is 11.4. The molecule has 0 atom stereocenters. The van der Waals surface area contributed by atoms with Gasteiger partial charge in [0.25, 0.3) is 0 Å². The number of nitrogen functional groups attached to an aromatic ring is 1. The van der Waals surface area contributed by atoms with Gasteiger partial charge in [-0.1, -0.05) is 11.6 Å². The Labute approximate surface area is 109 Å². The fraction of sp³-hybridized carbons (Fsp3) is 0.273. The standard InChI is InChI=1S/C11H13ClN4S/c1-6-4-9(13)8(12)5-10(6)17-11-15-14-7(2)16(11)3/h4-5H,13H2,1-3H3. The fourth-order valence-corrected chi connectivity index (χ4v) is 2.54.